The number of hydrogen-bond acceptors (Lipinski definition) is 3. The van der Waals surface area contributed by atoms with Gasteiger partial charge in [0.1, 0.15) is 0 Å². The Labute approximate surface area is 492 Å². The van der Waals surface area contributed by atoms with Gasteiger partial charge in [-0.3, -0.25) is 0 Å². The Morgan fingerprint density at radius 1 is 0.296 bits per heavy atom. The van der Waals surface area contributed by atoms with Crippen LogP contribution in [0.4, 0.5) is 0 Å². The molecular weight excluding hydrogens is 1160 g/mol. The van der Waals surface area contributed by atoms with Crippen LogP contribution in [-0.4, -0.2) is 15.0 Å². The van der Waals surface area contributed by atoms with Crippen molar-refractivity contribution in [2.45, 2.75) is 87.9 Å². The fraction of sp³-hybridized carbons (Fsp3) is 0.182. The van der Waals surface area contributed by atoms with Gasteiger partial charge in [0.2, 0.25) is 0 Å². The minimum Gasteiger partial charge on any atom is -0.305 e. The van der Waals surface area contributed by atoms with Crippen molar-refractivity contribution < 1.29 is 20.1 Å². The second-order valence-corrected chi connectivity index (χ2v) is 23.2. The molecular formula is C77H64IrN3. The van der Waals surface area contributed by atoms with E-state index in [0.29, 0.717) is 0 Å². The van der Waals surface area contributed by atoms with E-state index >= 15 is 0 Å². The van der Waals surface area contributed by atoms with Crippen LogP contribution in [-0.2, 0) is 41.8 Å². The van der Waals surface area contributed by atoms with Crippen molar-refractivity contribution in [1.29, 1.82) is 0 Å². The molecule has 3 aromatic heterocycles. The minimum atomic E-state index is -0.167. The molecule has 4 heteroatoms. The van der Waals surface area contributed by atoms with Crippen molar-refractivity contribution in [3.63, 3.8) is 0 Å². The SMILES string of the molecule is C[C@]1(c2c[c-]c(-c3ccccn3)cc2)CCC[C@]1(C)c1cc(-c2ccccc2-c2c[c-]c(-c3cc(-c4cc(-c5ccccc5)cc(-c5ccccc5)c4)ccn3)cc2)cc([C@@]2(C)CCC[C@]2(C)c2c[c-]c(-c3ccccn3)cc2)c1.[Ir+3]. The summed E-state index contributed by atoms with van der Waals surface area (Å²) >= 11 is 0. The number of benzene rings is 8. The summed E-state index contributed by atoms with van der Waals surface area (Å²) in [7, 11) is 0. The zero-order valence-electron chi connectivity index (χ0n) is 46.5. The van der Waals surface area contributed by atoms with Crippen LogP contribution in [0.5, 0.6) is 0 Å². The summed E-state index contributed by atoms with van der Waals surface area (Å²) in [5.41, 5.74) is 22.4. The van der Waals surface area contributed by atoms with Gasteiger partial charge in [0.15, 0.2) is 0 Å². The molecule has 0 unspecified atom stereocenters. The van der Waals surface area contributed by atoms with Gasteiger partial charge in [0, 0.05) is 18.6 Å². The van der Waals surface area contributed by atoms with E-state index in [1.807, 2.05) is 42.9 Å². The molecule has 0 bridgehead atoms. The first-order valence-electron chi connectivity index (χ1n) is 28.5. The van der Waals surface area contributed by atoms with Crippen LogP contribution in [0.3, 0.4) is 0 Å². The van der Waals surface area contributed by atoms with Crippen LogP contribution in [0, 0.1) is 18.2 Å². The monoisotopic (exact) mass is 1220 g/mol. The quantitative estimate of drug-likeness (QED) is 0.114. The molecule has 0 N–H and O–H groups in total. The molecule has 0 amide bonds. The Morgan fingerprint density at radius 3 is 1.17 bits per heavy atom. The number of rotatable bonds is 12. The maximum absolute atomic E-state index is 4.93. The summed E-state index contributed by atoms with van der Waals surface area (Å²) in [6, 6.07) is 92.7. The average Bonchev–Trinajstić information content (AvgIpc) is 4.12. The van der Waals surface area contributed by atoms with Crippen LogP contribution < -0.4 is 0 Å². The fourth-order valence-corrected chi connectivity index (χ4v) is 13.7. The summed E-state index contributed by atoms with van der Waals surface area (Å²) in [5.74, 6) is 0. The van der Waals surface area contributed by atoms with E-state index in [4.69, 9.17) is 4.98 Å². The molecule has 3 heterocycles. The maximum atomic E-state index is 4.93. The van der Waals surface area contributed by atoms with E-state index in [-0.39, 0.29) is 41.8 Å². The van der Waals surface area contributed by atoms with Crippen LogP contribution in [0.1, 0.15) is 88.5 Å². The smallest absolute Gasteiger partial charge is 0.305 e. The van der Waals surface area contributed by atoms with Gasteiger partial charge >= 0.3 is 20.1 Å². The van der Waals surface area contributed by atoms with E-state index in [9.17, 15) is 0 Å². The van der Waals surface area contributed by atoms with Crippen molar-refractivity contribution in [2.24, 2.45) is 0 Å². The van der Waals surface area contributed by atoms with Crippen molar-refractivity contribution in [2.75, 3.05) is 0 Å². The van der Waals surface area contributed by atoms with E-state index < -0.39 is 0 Å². The molecule has 396 valence electrons. The molecule has 81 heavy (non-hydrogen) atoms. The topological polar surface area (TPSA) is 38.7 Å². The van der Waals surface area contributed by atoms with Gasteiger partial charge in [-0.1, -0.05) is 198 Å². The molecule has 0 spiro atoms. The van der Waals surface area contributed by atoms with E-state index in [1.54, 1.807) is 0 Å². The normalized spacial score (nSPS) is 20.4. The number of aromatic nitrogens is 3. The Bertz CT molecular complexity index is 3790. The van der Waals surface area contributed by atoms with Crippen molar-refractivity contribution >= 4 is 0 Å². The first-order chi connectivity index (χ1) is 39.1. The number of hydrogen-bond donors (Lipinski definition) is 0. The molecule has 2 saturated carbocycles. The molecule has 11 aromatic rings. The van der Waals surface area contributed by atoms with E-state index in [0.717, 1.165) is 89.0 Å². The van der Waals surface area contributed by atoms with Crippen LogP contribution in [0.15, 0.2) is 243 Å². The Balaban J connectivity index is 0.00000651. The number of pyridine rings is 3. The van der Waals surface area contributed by atoms with Gasteiger partial charge in [-0.25, -0.2) is 0 Å². The third kappa shape index (κ3) is 9.83. The summed E-state index contributed by atoms with van der Waals surface area (Å²) in [4.78, 5) is 14.2. The third-order valence-corrected chi connectivity index (χ3v) is 19.0. The average molecular weight is 1220 g/mol. The van der Waals surface area contributed by atoms with Gasteiger partial charge < -0.3 is 15.0 Å². The summed E-state index contributed by atoms with van der Waals surface area (Å²) < 4.78 is 0. The summed E-state index contributed by atoms with van der Waals surface area (Å²) in [6.07, 6.45) is 12.3. The summed E-state index contributed by atoms with van der Waals surface area (Å²) in [5, 5.41) is 0. The molecule has 8 aromatic carbocycles. The first kappa shape index (κ1) is 53.5. The zero-order chi connectivity index (χ0) is 54.3. The van der Waals surface area contributed by atoms with Gasteiger partial charge in [-0.15, -0.1) is 101 Å². The minimum absolute atomic E-state index is 0. The Morgan fingerprint density at radius 2 is 0.716 bits per heavy atom. The van der Waals surface area contributed by atoms with E-state index in [2.05, 4.69) is 256 Å². The first-order valence-corrected chi connectivity index (χ1v) is 28.5. The molecule has 13 rings (SSSR count). The van der Waals surface area contributed by atoms with Crippen LogP contribution in [0.2, 0.25) is 0 Å². The van der Waals surface area contributed by atoms with Crippen molar-refractivity contribution in [1.82, 2.24) is 15.0 Å². The van der Waals surface area contributed by atoms with Gasteiger partial charge in [0.05, 0.1) is 0 Å². The maximum Gasteiger partial charge on any atom is 3.00 e. The molecule has 0 radical (unpaired) electrons. The zero-order valence-corrected chi connectivity index (χ0v) is 48.9. The Hall–Kier alpha value is -8.14. The second-order valence-electron chi connectivity index (χ2n) is 23.2. The molecule has 0 saturated heterocycles. The summed E-state index contributed by atoms with van der Waals surface area (Å²) in [6.45, 7) is 10.1. The number of nitrogens with zero attached hydrogens (tertiary/aromatic N) is 3. The van der Waals surface area contributed by atoms with Gasteiger partial charge in [-0.2, -0.15) is 0 Å². The van der Waals surface area contributed by atoms with Gasteiger partial charge in [0.25, 0.3) is 0 Å². The van der Waals surface area contributed by atoms with Crippen molar-refractivity contribution in [3.8, 4) is 89.4 Å². The molecule has 2 aliphatic rings. The standard InChI is InChI=1S/C77H64N3.Ir/c1-74(65-35-31-57(32-36-65)71-25-13-15-44-78-71)40-17-42-76(74,3)67-50-64(51-68(53-67)77(4)43-18-41-75(77,2)66-37-33-58(34-38-66)72-26-14-16-45-79-72)70-24-12-11-23-69(70)56-27-29-59(30-28-56)73-52-60(39-46-80-73)63-48-61(54-19-7-5-8-20-54)47-62(49-63)55-21-9-6-10-22-55;/h5-16,19-29,31,33,35-39,44-53H,17-18,40-43H2,1-4H3;/q-3;+3/t74-,75-,76-,77-;/m1./s1. The fourth-order valence-electron chi connectivity index (χ4n) is 13.7. The van der Waals surface area contributed by atoms with Gasteiger partial charge in [-0.05, 0) is 144 Å². The van der Waals surface area contributed by atoms with E-state index in [1.165, 1.54) is 61.2 Å². The largest absolute Gasteiger partial charge is 3.00 e. The molecule has 0 aliphatic heterocycles. The molecule has 2 aliphatic carbocycles. The van der Waals surface area contributed by atoms with Crippen LogP contribution in [0.25, 0.3) is 89.4 Å². The molecule has 2 fully saturated rings. The van der Waals surface area contributed by atoms with Crippen molar-refractivity contribution in [3.05, 3.63) is 283 Å². The predicted molar refractivity (Wildman–Crippen MR) is 330 cm³/mol. The molecule has 4 atom stereocenters. The Kier molecular flexibility index (Phi) is 14.6. The van der Waals surface area contributed by atoms with Crippen LogP contribution >= 0.6 is 0 Å². The third-order valence-electron chi connectivity index (χ3n) is 19.0. The second kappa shape index (κ2) is 22.1. The predicted octanol–water partition coefficient (Wildman–Crippen LogP) is 19.4. The molecule has 3 nitrogen and oxygen atoms in total.